The van der Waals surface area contributed by atoms with E-state index in [0.29, 0.717) is 36.6 Å². The lowest BCUT2D eigenvalue weighted by Crippen LogP contribution is -2.30. The number of benzene rings is 1. The van der Waals surface area contributed by atoms with E-state index in [4.69, 9.17) is 4.74 Å². The third kappa shape index (κ3) is 6.87. The minimum absolute atomic E-state index is 0.209. The summed E-state index contributed by atoms with van der Waals surface area (Å²) in [5, 5.41) is 5.53. The molecule has 1 saturated heterocycles. The standard InChI is InChI=1S/C22H28N2O3/c1-16(11-18-7-5-4-6-8-18)12-20(13-17(2)21(25)23-3)22(26)24-14-19-9-10-27-15-19/h4-8,12-13,19H,1,9-11,14-15H2,2-3H3,(H,23,25)(H,24,26)/b17-13+,20-12+. The van der Waals surface area contributed by atoms with E-state index in [0.717, 1.165) is 24.2 Å². The maximum atomic E-state index is 12.7. The molecule has 0 radical (unpaired) electrons. The molecule has 1 unspecified atom stereocenters. The molecule has 5 heteroatoms. The zero-order valence-electron chi connectivity index (χ0n) is 16.1. The minimum atomic E-state index is -0.216. The topological polar surface area (TPSA) is 67.4 Å². The number of hydrogen-bond acceptors (Lipinski definition) is 3. The summed E-state index contributed by atoms with van der Waals surface area (Å²) in [7, 11) is 1.57. The van der Waals surface area contributed by atoms with E-state index in [2.05, 4.69) is 17.2 Å². The lowest BCUT2D eigenvalue weighted by atomic mass is 10.0. The smallest absolute Gasteiger partial charge is 0.251 e. The fourth-order valence-electron chi connectivity index (χ4n) is 2.88. The van der Waals surface area contributed by atoms with Gasteiger partial charge in [-0.3, -0.25) is 9.59 Å². The number of likely N-dealkylation sites (N-methyl/N-ethyl adjacent to an activating group) is 1. The van der Waals surface area contributed by atoms with Crippen LogP contribution < -0.4 is 10.6 Å². The molecule has 5 nitrogen and oxygen atoms in total. The van der Waals surface area contributed by atoms with Gasteiger partial charge in [0.05, 0.1) is 6.61 Å². The Kier molecular flexibility index (Phi) is 8.01. The second-order valence-corrected chi connectivity index (χ2v) is 6.77. The first-order valence-electron chi connectivity index (χ1n) is 9.19. The van der Waals surface area contributed by atoms with Crippen molar-refractivity contribution in [2.24, 2.45) is 5.92 Å². The first-order valence-corrected chi connectivity index (χ1v) is 9.19. The van der Waals surface area contributed by atoms with Gasteiger partial charge in [0, 0.05) is 37.3 Å². The minimum Gasteiger partial charge on any atom is -0.381 e. The molecule has 0 saturated carbocycles. The van der Waals surface area contributed by atoms with E-state index in [1.54, 1.807) is 26.1 Å². The molecule has 2 amide bonds. The van der Waals surface area contributed by atoms with Gasteiger partial charge in [-0.25, -0.2) is 0 Å². The van der Waals surface area contributed by atoms with Crippen LogP contribution in [0.15, 0.2) is 65.8 Å². The van der Waals surface area contributed by atoms with E-state index < -0.39 is 0 Å². The highest BCUT2D eigenvalue weighted by molar-refractivity contribution is 6.00. The molecule has 27 heavy (non-hydrogen) atoms. The molecule has 0 spiro atoms. The Morgan fingerprint density at radius 3 is 2.59 bits per heavy atom. The second-order valence-electron chi connectivity index (χ2n) is 6.77. The molecular weight excluding hydrogens is 340 g/mol. The molecule has 0 aliphatic carbocycles. The first-order chi connectivity index (χ1) is 13.0. The van der Waals surface area contributed by atoms with Crippen LogP contribution in [0.25, 0.3) is 0 Å². The summed E-state index contributed by atoms with van der Waals surface area (Å²) in [6, 6.07) is 9.94. The highest BCUT2D eigenvalue weighted by Gasteiger charge is 2.17. The lowest BCUT2D eigenvalue weighted by Gasteiger charge is -2.11. The third-order valence-corrected chi connectivity index (χ3v) is 4.43. The van der Waals surface area contributed by atoms with Gasteiger partial charge in [0.25, 0.3) is 5.91 Å². The van der Waals surface area contributed by atoms with E-state index in [1.807, 2.05) is 30.3 Å². The first kappa shape index (κ1) is 20.6. The zero-order chi connectivity index (χ0) is 19.6. The quantitative estimate of drug-likeness (QED) is 0.547. The molecule has 1 aromatic rings. The number of carbonyl (C=O) groups is 2. The molecule has 2 rings (SSSR count). The van der Waals surface area contributed by atoms with E-state index in [-0.39, 0.29) is 11.8 Å². The lowest BCUT2D eigenvalue weighted by molar-refractivity contribution is -0.117. The van der Waals surface area contributed by atoms with E-state index in [9.17, 15) is 9.59 Å². The fraction of sp³-hybridized carbons (Fsp3) is 0.364. The Bertz CT molecular complexity index is 729. The number of allylic oxidation sites excluding steroid dienone is 2. The average Bonchev–Trinajstić information content (AvgIpc) is 3.19. The summed E-state index contributed by atoms with van der Waals surface area (Å²) < 4.78 is 5.35. The highest BCUT2D eigenvalue weighted by atomic mass is 16.5. The van der Waals surface area contributed by atoms with Crippen molar-refractivity contribution >= 4 is 11.8 Å². The molecule has 0 aromatic heterocycles. The van der Waals surface area contributed by atoms with Gasteiger partial charge in [-0.05, 0) is 37.5 Å². The number of ether oxygens (including phenoxy) is 1. The van der Waals surface area contributed by atoms with Crippen LogP contribution in [0.5, 0.6) is 0 Å². The predicted molar refractivity (Wildman–Crippen MR) is 107 cm³/mol. The van der Waals surface area contributed by atoms with Gasteiger partial charge in [0.2, 0.25) is 5.91 Å². The molecule has 1 fully saturated rings. The van der Waals surface area contributed by atoms with Crippen LogP contribution in [-0.4, -0.2) is 38.6 Å². The van der Waals surface area contributed by atoms with Crippen LogP contribution in [-0.2, 0) is 20.7 Å². The van der Waals surface area contributed by atoms with Crippen molar-refractivity contribution in [1.29, 1.82) is 0 Å². The summed E-state index contributed by atoms with van der Waals surface area (Å²) in [6.45, 7) is 7.74. The van der Waals surface area contributed by atoms with E-state index >= 15 is 0 Å². The van der Waals surface area contributed by atoms with Crippen molar-refractivity contribution in [1.82, 2.24) is 10.6 Å². The normalized spacial score (nSPS) is 17.5. The van der Waals surface area contributed by atoms with Crippen LogP contribution >= 0.6 is 0 Å². The predicted octanol–water partition coefficient (Wildman–Crippen LogP) is 2.56. The highest BCUT2D eigenvalue weighted by Crippen LogP contribution is 2.14. The Hall–Kier alpha value is -2.66. The van der Waals surface area contributed by atoms with Crippen LogP contribution in [0.4, 0.5) is 0 Å². The van der Waals surface area contributed by atoms with E-state index in [1.165, 1.54) is 0 Å². The van der Waals surface area contributed by atoms with Crippen LogP contribution in [0, 0.1) is 5.92 Å². The van der Waals surface area contributed by atoms with Gasteiger partial charge in [-0.15, -0.1) is 0 Å². The maximum Gasteiger partial charge on any atom is 0.251 e. The van der Waals surface area contributed by atoms with Crippen molar-refractivity contribution in [2.45, 2.75) is 19.8 Å². The van der Waals surface area contributed by atoms with Gasteiger partial charge < -0.3 is 15.4 Å². The fourth-order valence-corrected chi connectivity index (χ4v) is 2.88. The molecule has 1 aliphatic heterocycles. The summed E-state index contributed by atoms with van der Waals surface area (Å²) >= 11 is 0. The number of rotatable bonds is 8. The Morgan fingerprint density at radius 1 is 1.22 bits per heavy atom. The summed E-state index contributed by atoms with van der Waals surface area (Å²) in [5.41, 5.74) is 2.82. The molecule has 1 aromatic carbocycles. The van der Waals surface area contributed by atoms with Crippen molar-refractivity contribution in [2.75, 3.05) is 26.8 Å². The summed E-state index contributed by atoms with van der Waals surface area (Å²) in [4.78, 5) is 24.5. The molecule has 144 valence electrons. The average molecular weight is 368 g/mol. The van der Waals surface area contributed by atoms with Crippen LogP contribution in [0.2, 0.25) is 0 Å². The SMILES string of the molecule is C=C(/C=C(\C=C(/C)C(=O)NC)C(=O)NCC1CCOC1)Cc1ccccc1. The Balaban J connectivity index is 2.13. The molecule has 0 bridgehead atoms. The van der Waals surface area contributed by atoms with Crippen LogP contribution in [0.3, 0.4) is 0 Å². The van der Waals surface area contributed by atoms with Gasteiger partial charge in [-0.1, -0.05) is 42.5 Å². The molecule has 1 atom stereocenters. The third-order valence-electron chi connectivity index (χ3n) is 4.43. The largest absolute Gasteiger partial charge is 0.381 e. The van der Waals surface area contributed by atoms with Crippen molar-refractivity contribution < 1.29 is 14.3 Å². The monoisotopic (exact) mass is 368 g/mol. The van der Waals surface area contributed by atoms with Gasteiger partial charge >= 0.3 is 0 Å². The Morgan fingerprint density at radius 2 is 1.96 bits per heavy atom. The van der Waals surface area contributed by atoms with Gasteiger partial charge in [0.15, 0.2) is 0 Å². The van der Waals surface area contributed by atoms with Gasteiger partial charge in [0.1, 0.15) is 0 Å². The number of carbonyl (C=O) groups excluding carboxylic acids is 2. The Labute approximate surface area is 161 Å². The van der Waals surface area contributed by atoms with Gasteiger partial charge in [-0.2, -0.15) is 0 Å². The maximum absolute atomic E-state index is 12.7. The van der Waals surface area contributed by atoms with Crippen molar-refractivity contribution in [3.63, 3.8) is 0 Å². The summed E-state index contributed by atoms with van der Waals surface area (Å²) in [5.74, 6) is -0.0855. The van der Waals surface area contributed by atoms with Crippen LogP contribution in [0.1, 0.15) is 18.9 Å². The number of amides is 2. The zero-order valence-corrected chi connectivity index (χ0v) is 16.1. The molecular formula is C22H28N2O3. The molecule has 2 N–H and O–H groups in total. The number of nitrogens with one attached hydrogen (secondary N) is 2. The second kappa shape index (κ2) is 10.5. The molecule has 1 aliphatic rings. The van der Waals surface area contributed by atoms with Crippen molar-refractivity contribution in [3.8, 4) is 0 Å². The van der Waals surface area contributed by atoms with Crippen molar-refractivity contribution in [3.05, 3.63) is 71.3 Å². The molecule has 1 heterocycles. The summed E-state index contributed by atoms with van der Waals surface area (Å²) in [6.07, 6.45) is 4.95. The number of hydrogen-bond donors (Lipinski definition) is 2.